The minimum absolute atomic E-state index is 0.383. The Morgan fingerprint density at radius 2 is 0.957 bits per heavy atom. The molecule has 0 aliphatic carbocycles. The molecule has 2 aliphatic rings. The molecule has 0 fully saturated rings. The zero-order valence-electron chi connectivity index (χ0n) is 26.6. The number of aromatic nitrogens is 6. The van der Waals surface area contributed by atoms with Crippen LogP contribution in [0.1, 0.15) is 84.9 Å². The number of halogens is 2. The highest BCUT2D eigenvalue weighted by Gasteiger charge is 2.37. The Labute approximate surface area is 290 Å². The zero-order chi connectivity index (χ0) is 32.7. The molecule has 0 unspecified atom stereocenters. The molecule has 0 saturated heterocycles. The molecule has 8 rings (SSSR count). The van der Waals surface area contributed by atoms with Crippen molar-refractivity contribution in [3.8, 4) is 10.0 Å². The van der Waals surface area contributed by atoms with E-state index in [1.165, 1.54) is 20.9 Å². The highest BCUT2D eigenvalue weighted by atomic mass is 35.5. The summed E-state index contributed by atoms with van der Waals surface area (Å²) in [4.78, 5) is 13.6. The first-order valence-corrected chi connectivity index (χ1v) is 17.7. The van der Waals surface area contributed by atoms with Gasteiger partial charge in [0.2, 0.25) is 0 Å². The van der Waals surface area contributed by atoms with E-state index in [0.29, 0.717) is 16.5 Å². The van der Waals surface area contributed by atoms with Gasteiger partial charge in [0.05, 0.1) is 11.4 Å². The molecule has 0 spiro atoms. The van der Waals surface area contributed by atoms with Crippen molar-refractivity contribution in [2.24, 2.45) is 9.98 Å². The highest BCUT2D eigenvalue weighted by molar-refractivity contribution is 7.15. The van der Waals surface area contributed by atoms with E-state index in [2.05, 4.69) is 47.0 Å². The molecule has 2 aliphatic heterocycles. The number of benzene rings is 2. The molecule has 236 valence electrons. The van der Waals surface area contributed by atoms with E-state index in [0.717, 1.165) is 67.0 Å². The summed E-state index contributed by atoms with van der Waals surface area (Å²) < 4.78 is 4.36. The van der Waals surface area contributed by atoms with Gasteiger partial charge in [0.1, 0.15) is 33.7 Å². The van der Waals surface area contributed by atoms with Crippen LogP contribution in [0.15, 0.2) is 58.5 Å². The fourth-order valence-electron chi connectivity index (χ4n) is 6.52. The van der Waals surface area contributed by atoms with Crippen LogP contribution in [-0.2, 0) is 0 Å². The Hall–Kier alpha value is -3.96. The average Bonchev–Trinajstić information content (AvgIpc) is 3.73. The molecule has 0 amide bonds. The van der Waals surface area contributed by atoms with Crippen LogP contribution in [0.2, 0.25) is 10.0 Å². The van der Waals surface area contributed by atoms with E-state index in [1.807, 2.05) is 62.4 Å². The summed E-state index contributed by atoms with van der Waals surface area (Å²) in [6.07, 6.45) is 0.504. The van der Waals surface area contributed by atoms with Crippen LogP contribution in [0.5, 0.6) is 0 Å². The molecule has 6 heterocycles. The molecule has 0 saturated carbocycles. The maximum Gasteiger partial charge on any atom is 0.163 e. The third-order valence-electron chi connectivity index (χ3n) is 9.16. The van der Waals surface area contributed by atoms with Crippen LogP contribution >= 0.6 is 45.9 Å². The smallest absolute Gasteiger partial charge is 0.163 e. The predicted octanol–water partition coefficient (Wildman–Crippen LogP) is 9.00. The lowest BCUT2D eigenvalue weighted by Crippen LogP contribution is -2.13. The van der Waals surface area contributed by atoms with Gasteiger partial charge in [-0.25, -0.2) is 0 Å². The number of nitrogens with zero attached hydrogens (tertiary/aromatic N) is 8. The fourth-order valence-corrected chi connectivity index (χ4v) is 9.20. The molecule has 0 bridgehead atoms. The molecule has 0 radical (unpaired) electrons. The molecule has 2 aromatic carbocycles. The minimum atomic E-state index is -0.383. The summed E-state index contributed by atoms with van der Waals surface area (Å²) in [5.74, 6) is 3.20. The van der Waals surface area contributed by atoms with Gasteiger partial charge < -0.3 is 0 Å². The van der Waals surface area contributed by atoms with Crippen molar-refractivity contribution in [2.75, 3.05) is 0 Å². The number of fused-ring (bicyclic) bond motifs is 6. The molecule has 4 aromatic heterocycles. The fraction of sp³-hybridized carbons (Fsp3) is 0.257. The van der Waals surface area contributed by atoms with Gasteiger partial charge in [-0.2, -0.15) is 0 Å². The van der Waals surface area contributed by atoms with Gasteiger partial charge in [-0.15, -0.1) is 43.1 Å². The number of aryl methyl sites for hydroxylation is 4. The van der Waals surface area contributed by atoms with E-state index >= 15 is 0 Å². The van der Waals surface area contributed by atoms with Crippen LogP contribution in [-0.4, -0.2) is 41.0 Å². The van der Waals surface area contributed by atoms with Crippen molar-refractivity contribution >= 4 is 57.3 Å². The summed E-state index contributed by atoms with van der Waals surface area (Å²) in [5.41, 5.74) is 8.40. The first-order valence-electron chi connectivity index (χ1n) is 15.3. The molecule has 2 atom stereocenters. The Bertz CT molecular complexity index is 2110. The topological polar surface area (TPSA) is 86.1 Å². The van der Waals surface area contributed by atoms with Gasteiger partial charge in [-0.3, -0.25) is 19.1 Å². The van der Waals surface area contributed by atoms with Gasteiger partial charge in [0.15, 0.2) is 11.6 Å². The number of hydrogen-bond donors (Lipinski definition) is 0. The van der Waals surface area contributed by atoms with Gasteiger partial charge >= 0.3 is 0 Å². The van der Waals surface area contributed by atoms with Gasteiger partial charge in [-0.1, -0.05) is 47.5 Å². The summed E-state index contributed by atoms with van der Waals surface area (Å²) in [6, 6.07) is 15.1. The SMILES string of the molecule is Cc1sc2c(c1C)C(c1ccc(Cl)cc1)=N[C@@H](C[C@@H]1N=C(c3ccc(Cl)cc3)c3c(sc(C)c3C)-n3c(C)nnc31)c1nnc(C)n1-2. The standard InChI is InChI=1S/C35H30Cl2N8S2/c1-16-18(3)46-34-28(16)30(22-7-11-24(36)12-8-22)38-26(32-42-40-20(5)44(32)34)15-27-33-43-41-21(6)45(33)35-29(17(2)19(4)47-35)31(39-27)23-9-13-25(37)14-10-23/h7-14,26-27H,15H2,1-6H3/t26-,27-/m0/s1. The second-order valence-electron chi connectivity index (χ2n) is 12.0. The second kappa shape index (κ2) is 11.3. The van der Waals surface area contributed by atoms with E-state index in [1.54, 1.807) is 22.7 Å². The van der Waals surface area contributed by atoms with Gasteiger partial charge in [0, 0.05) is 48.5 Å². The molecule has 6 aromatic rings. The lowest BCUT2D eigenvalue weighted by Gasteiger charge is -2.18. The summed E-state index contributed by atoms with van der Waals surface area (Å²) in [7, 11) is 0. The van der Waals surface area contributed by atoms with E-state index in [-0.39, 0.29) is 12.1 Å². The van der Waals surface area contributed by atoms with Crippen molar-refractivity contribution < 1.29 is 0 Å². The third kappa shape index (κ3) is 4.84. The van der Waals surface area contributed by atoms with Crippen LogP contribution in [0.4, 0.5) is 0 Å². The zero-order valence-corrected chi connectivity index (χ0v) is 29.8. The monoisotopic (exact) mass is 696 g/mol. The van der Waals surface area contributed by atoms with Crippen molar-refractivity contribution in [2.45, 2.75) is 60.0 Å². The van der Waals surface area contributed by atoms with E-state index < -0.39 is 0 Å². The summed E-state index contributed by atoms with van der Waals surface area (Å²) >= 11 is 16.2. The van der Waals surface area contributed by atoms with Crippen molar-refractivity contribution in [3.63, 3.8) is 0 Å². The Balaban J connectivity index is 1.36. The molecule has 0 N–H and O–H groups in total. The van der Waals surface area contributed by atoms with Crippen molar-refractivity contribution in [1.82, 2.24) is 29.5 Å². The Kier molecular flexibility index (Phi) is 7.33. The van der Waals surface area contributed by atoms with Crippen LogP contribution in [0.3, 0.4) is 0 Å². The third-order valence-corrected chi connectivity index (χ3v) is 12.0. The number of hydrogen-bond acceptors (Lipinski definition) is 8. The molecule has 12 heteroatoms. The quantitative estimate of drug-likeness (QED) is 0.184. The maximum atomic E-state index is 6.34. The first kappa shape index (κ1) is 30.4. The first-order chi connectivity index (χ1) is 22.6. The van der Waals surface area contributed by atoms with Crippen molar-refractivity contribution in [1.29, 1.82) is 0 Å². The van der Waals surface area contributed by atoms with Crippen molar-refractivity contribution in [3.05, 3.63) is 125 Å². The van der Waals surface area contributed by atoms with Crippen LogP contribution in [0.25, 0.3) is 10.0 Å². The van der Waals surface area contributed by atoms with E-state index in [9.17, 15) is 0 Å². The summed E-state index contributed by atoms with van der Waals surface area (Å²) in [6.45, 7) is 12.6. The Morgan fingerprint density at radius 3 is 1.34 bits per heavy atom. The van der Waals surface area contributed by atoms with Crippen LogP contribution in [0, 0.1) is 41.5 Å². The van der Waals surface area contributed by atoms with Gasteiger partial charge in [0.25, 0.3) is 0 Å². The number of rotatable bonds is 4. The molecular formula is C35H30Cl2N8S2. The largest absolute Gasteiger partial charge is 0.272 e. The van der Waals surface area contributed by atoms with Gasteiger partial charge in [-0.05, 0) is 76.9 Å². The second-order valence-corrected chi connectivity index (χ2v) is 15.3. The highest BCUT2D eigenvalue weighted by Crippen LogP contribution is 2.44. The minimum Gasteiger partial charge on any atom is -0.272 e. The maximum absolute atomic E-state index is 6.34. The molecule has 47 heavy (non-hydrogen) atoms. The molecular weight excluding hydrogens is 667 g/mol. The molecule has 8 nitrogen and oxygen atoms in total. The number of thiophene rings is 2. The normalized spacial score (nSPS) is 16.9. The lowest BCUT2D eigenvalue weighted by atomic mass is 9.98. The number of aliphatic imine (C=N–C) groups is 2. The average molecular weight is 698 g/mol. The van der Waals surface area contributed by atoms with E-state index in [4.69, 9.17) is 43.4 Å². The lowest BCUT2D eigenvalue weighted by molar-refractivity contribution is 0.513. The Morgan fingerprint density at radius 1 is 0.574 bits per heavy atom. The predicted molar refractivity (Wildman–Crippen MR) is 191 cm³/mol. The van der Waals surface area contributed by atoms with Crippen LogP contribution < -0.4 is 0 Å². The summed E-state index contributed by atoms with van der Waals surface area (Å²) in [5, 5.41) is 22.2.